The van der Waals surface area contributed by atoms with Gasteiger partial charge in [-0.2, -0.15) is 0 Å². The molecule has 1 fully saturated rings. The lowest BCUT2D eigenvalue weighted by Gasteiger charge is -2.13. The average molecular weight is 466 g/mol. The van der Waals surface area contributed by atoms with Gasteiger partial charge in [-0.1, -0.05) is 6.07 Å². The third kappa shape index (κ3) is 5.69. The minimum atomic E-state index is -3.91. The molecule has 1 heterocycles. The maximum atomic E-state index is 12.5. The van der Waals surface area contributed by atoms with Crippen molar-refractivity contribution in [2.45, 2.75) is 17.4 Å². The highest BCUT2D eigenvalue weighted by molar-refractivity contribution is 7.92. The van der Waals surface area contributed by atoms with Crippen LogP contribution in [-0.4, -0.2) is 65.2 Å². The highest BCUT2D eigenvalue weighted by Gasteiger charge is 2.31. The van der Waals surface area contributed by atoms with E-state index in [1.807, 2.05) is 0 Å². The summed E-state index contributed by atoms with van der Waals surface area (Å²) in [6, 6.07) is 11.1. The zero-order chi connectivity index (χ0) is 22.8. The van der Waals surface area contributed by atoms with Gasteiger partial charge in [0.2, 0.25) is 10.0 Å². The number of nitrogens with zero attached hydrogens (tertiary/aromatic N) is 1. The largest absolute Gasteiger partial charge is 0.345 e. The van der Waals surface area contributed by atoms with Crippen molar-refractivity contribution in [3.05, 3.63) is 59.7 Å². The van der Waals surface area contributed by atoms with Crippen LogP contribution < -0.4 is 10.0 Å². The first-order chi connectivity index (χ1) is 14.5. The summed E-state index contributed by atoms with van der Waals surface area (Å²) >= 11 is 0. The molecule has 0 aromatic heterocycles. The van der Waals surface area contributed by atoms with E-state index in [4.69, 9.17) is 0 Å². The van der Waals surface area contributed by atoms with Gasteiger partial charge in [-0.15, -0.1) is 0 Å². The summed E-state index contributed by atoms with van der Waals surface area (Å²) in [5.41, 5.74) is 1.08. The number of hydrogen-bond acceptors (Lipinski definition) is 6. The SMILES string of the molecule is CN(C)C(=O)c1cccc(NC(=O)c2ccc(S(=O)(=O)NC3CCS(=O)(=O)C3)cc2)c1. The number of nitrogens with one attached hydrogen (secondary N) is 2. The molecule has 3 rings (SSSR count). The zero-order valence-electron chi connectivity index (χ0n) is 17.0. The Bertz CT molecular complexity index is 1210. The predicted octanol–water partition coefficient (Wildman–Crippen LogP) is 1.11. The second-order valence-corrected chi connectivity index (χ2v) is 11.4. The van der Waals surface area contributed by atoms with Crippen molar-refractivity contribution < 1.29 is 26.4 Å². The molecule has 0 radical (unpaired) electrons. The molecule has 1 aliphatic rings. The van der Waals surface area contributed by atoms with Gasteiger partial charge < -0.3 is 10.2 Å². The van der Waals surface area contributed by atoms with Crippen molar-refractivity contribution in [3.8, 4) is 0 Å². The van der Waals surface area contributed by atoms with Gasteiger partial charge in [-0.25, -0.2) is 21.6 Å². The molecule has 0 bridgehead atoms. The van der Waals surface area contributed by atoms with Crippen LogP contribution in [0.15, 0.2) is 53.4 Å². The number of benzene rings is 2. The van der Waals surface area contributed by atoms with Gasteiger partial charge in [0.25, 0.3) is 11.8 Å². The summed E-state index contributed by atoms with van der Waals surface area (Å²) < 4.78 is 50.4. The van der Waals surface area contributed by atoms with E-state index in [0.29, 0.717) is 11.3 Å². The fourth-order valence-electron chi connectivity index (χ4n) is 3.15. The minimum Gasteiger partial charge on any atom is -0.345 e. The lowest BCUT2D eigenvalue weighted by Crippen LogP contribution is -2.35. The number of sulfonamides is 1. The average Bonchev–Trinajstić information content (AvgIpc) is 3.05. The lowest BCUT2D eigenvalue weighted by atomic mass is 10.1. The minimum absolute atomic E-state index is 0.0410. The highest BCUT2D eigenvalue weighted by Crippen LogP contribution is 2.18. The fourth-order valence-corrected chi connectivity index (χ4v) is 6.20. The Kier molecular flexibility index (Phi) is 6.48. The fraction of sp³-hybridized carbons (Fsp3) is 0.300. The summed E-state index contributed by atoms with van der Waals surface area (Å²) in [5, 5.41) is 2.68. The van der Waals surface area contributed by atoms with Crippen molar-refractivity contribution in [1.82, 2.24) is 9.62 Å². The highest BCUT2D eigenvalue weighted by atomic mass is 32.2. The van der Waals surface area contributed by atoms with E-state index in [9.17, 15) is 26.4 Å². The Labute approximate surface area is 181 Å². The molecule has 2 aromatic carbocycles. The first-order valence-electron chi connectivity index (χ1n) is 9.43. The van der Waals surface area contributed by atoms with Crippen LogP contribution in [0.4, 0.5) is 5.69 Å². The molecule has 0 aliphatic carbocycles. The van der Waals surface area contributed by atoms with Gasteiger partial charge in [0.1, 0.15) is 0 Å². The molecule has 2 N–H and O–H groups in total. The topological polar surface area (TPSA) is 130 Å². The Morgan fingerprint density at radius 1 is 1.03 bits per heavy atom. The standard InChI is InChI=1S/C20H23N3O6S2/c1-23(2)20(25)15-4-3-5-16(12-15)21-19(24)14-6-8-18(9-7-14)31(28,29)22-17-10-11-30(26,27)13-17/h3-9,12,17,22H,10-11,13H2,1-2H3,(H,21,24). The number of carbonyl (C=O) groups is 2. The Morgan fingerprint density at radius 3 is 2.29 bits per heavy atom. The first-order valence-corrected chi connectivity index (χ1v) is 12.7. The Morgan fingerprint density at radius 2 is 1.71 bits per heavy atom. The molecule has 1 aliphatic heterocycles. The van der Waals surface area contributed by atoms with Crippen molar-refractivity contribution in [2.24, 2.45) is 0 Å². The van der Waals surface area contributed by atoms with Gasteiger partial charge in [-0.3, -0.25) is 9.59 Å². The Hall–Kier alpha value is -2.76. The van der Waals surface area contributed by atoms with E-state index in [1.165, 1.54) is 29.2 Å². The van der Waals surface area contributed by atoms with Crippen LogP contribution in [0.5, 0.6) is 0 Å². The van der Waals surface area contributed by atoms with Gasteiger partial charge >= 0.3 is 0 Å². The van der Waals surface area contributed by atoms with Crippen molar-refractivity contribution in [2.75, 3.05) is 30.9 Å². The second-order valence-electron chi connectivity index (χ2n) is 7.48. The lowest BCUT2D eigenvalue weighted by molar-refractivity contribution is 0.0827. The molecule has 1 saturated heterocycles. The first kappa shape index (κ1) is 22.9. The molecule has 1 atom stereocenters. The molecule has 0 saturated carbocycles. The number of amides is 2. The van der Waals surface area contributed by atoms with Crippen LogP contribution in [0.25, 0.3) is 0 Å². The molecular formula is C20H23N3O6S2. The van der Waals surface area contributed by atoms with Crippen LogP contribution in [0.2, 0.25) is 0 Å². The van der Waals surface area contributed by atoms with Crippen LogP contribution in [0.1, 0.15) is 27.1 Å². The number of carbonyl (C=O) groups excluding carboxylic acids is 2. The summed E-state index contributed by atoms with van der Waals surface area (Å²) in [6.07, 6.45) is 0.234. The summed E-state index contributed by atoms with van der Waals surface area (Å²) in [5.74, 6) is -0.926. The molecule has 2 amide bonds. The summed E-state index contributed by atoms with van der Waals surface area (Å²) in [4.78, 5) is 25.9. The molecule has 31 heavy (non-hydrogen) atoms. The molecular weight excluding hydrogens is 442 g/mol. The monoisotopic (exact) mass is 465 g/mol. The van der Waals surface area contributed by atoms with Crippen LogP contribution in [0.3, 0.4) is 0 Å². The van der Waals surface area contributed by atoms with Crippen LogP contribution in [0, 0.1) is 0 Å². The maximum absolute atomic E-state index is 12.5. The van der Waals surface area contributed by atoms with Crippen molar-refractivity contribution >= 4 is 37.4 Å². The van der Waals surface area contributed by atoms with E-state index >= 15 is 0 Å². The predicted molar refractivity (Wildman–Crippen MR) is 116 cm³/mol. The quantitative estimate of drug-likeness (QED) is 0.657. The van der Waals surface area contributed by atoms with Crippen LogP contribution >= 0.6 is 0 Å². The Balaban J connectivity index is 1.69. The second kappa shape index (κ2) is 8.77. The van der Waals surface area contributed by atoms with E-state index < -0.39 is 31.8 Å². The van der Waals surface area contributed by atoms with Gasteiger partial charge in [-0.05, 0) is 48.9 Å². The normalized spacial score (nSPS) is 17.8. The smallest absolute Gasteiger partial charge is 0.255 e. The van der Waals surface area contributed by atoms with E-state index in [1.54, 1.807) is 38.4 Å². The van der Waals surface area contributed by atoms with E-state index in [2.05, 4.69) is 10.0 Å². The molecule has 11 heteroatoms. The van der Waals surface area contributed by atoms with Crippen LogP contribution in [-0.2, 0) is 19.9 Å². The summed E-state index contributed by atoms with van der Waals surface area (Å²) in [7, 11) is -3.86. The molecule has 2 aromatic rings. The van der Waals surface area contributed by atoms with E-state index in [-0.39, 0.29) is 34.3 Å². The summed E-state index contributed by atoms with van der Waals surface area (Å²) in [6.45, 7) is 0. The van der Waals surface area contributed by atoms with Gasteiger partial charge in [0, 0.05) is 37.0 Å². The van der Waals surface area contributed by atoms with Gasteiger partial charge in [0.05, 0.1) is 16.4 Å². The number of anilines is 1. The number of sulfone groups is 1. The van der Waals surface area contributed by atoms with Gasteiger partial charge in [0.15, 0.2) is 9.84 Å². The van der Waals surface area contributed by atoms with E-state index in [0.717, 1.165) is 0 Å². The number of hydrogen-bond donors (Lipinski definition) is 2. The molecule has 1 unspecified atom stereocenters. The number of rotatable bonds is 6. The maximum Gasteiger partial charge on any atom is 0.255 e. The molecule has 0 spiro atoms. The molecule has 166 valence electrons. The third-order valence-corrected chi connectivity index (χ3v) is 8.06. The van der Waals surface area contributed by atoms with Crippen molar-refractivity contribution in [3.63, 3.8) is 0 Å². The van der Waals surface area contributed by atoms with Crippen molar-refractivity contribution in [1.29, 1.82) is 0 Å². The molecule has 9 nitrogen and oxygen atoms in total. The zero-order valence-corrected chi connectivity index (χ0v) is 18.7. The third-order valence-electron chi connectivity index (χ3n) is 4.75.